The summed E-state index contributed by atoms with van der Waals surface area (Å²) in [5.74, 6) is 2.10. The van der Waals surface area contributed by atoms with E-state index in [0.717, 1.165) is 24.7 Å². The van der Waals surface area contributed by atoms with Crippen molar-refractivity contribution < 1.29 is 0 Å². The molecule has 1 saturated heterocycles. The fraction of sp³-hybridized carbons (Fsp3) is 0.667. The van der Waals surface area contributed by atoms with Crippen molar-refractivity contribution in [2.24, 2.45) is 0 Å². The average Bonchev–Trinajstić information content (AvgIpc) is 3.11. The highest BCUT2D eigenvalue weighted by atomic mass is 15.3. The maximum atomic E-state index is 4.35. The summed E-state index contributed by atoms with van der Waals surface area (Å²) in [4.78, 5) is 13.3. The first kappa shape index (κ1) is 10.8. The first-order chi connectivity index (χ1) is 8.28. The van der Waals surface area contributed by atoms with E-state index in [2.05, 4.69) is 38.2 Å². The van der Waals surface area contributed by atoms with Crippen molar-refractivity contribution in [3.63, 3.8) is 0 Å². The monoisotopic (exact) mass is 233 g/mol. The normalized spacial score (nSPS) is 20.2. The lowest BCUT2D eigenvalue weighted by Crippen LogP contribution is -2.57. The summed E-state index contributed by atoms with van der Waals surface area (Å²) in [6.45, 7) is 2.08. The highest BCUT2D eigenvalue weighted by Crippen LogP contribution is 2.30. The molecule has 1 aliphatic carbocycles. The van der Waals surface area contributed by atoms with E-state index >= 15 is 0 Å². The summed E-state index contributed by atoms with van der Waals surface area (Å²) in [7, 11) is 4.13. The molecule has 1 aromatic rings. The summed E-state index contributed by atoms with van der Waals surface area (Å²) in [6.07, 6.45) is 4.26. The molecule has 0 amide bonds. The van der Waals surface area contributed by atoms with Gasteiger partial charge in [-0.05, 0) is 19.9 Å². The molecule has 1 aliphatic heterocycles. The van der Waals surface area contributed by atoms with E-state index in [0.29, 0.717) is 12.1 Å². The third kappa shape index (κ3) is 2.07. The van der Waals surface area contributed by atoms with E-state index in [1.165, 1.54) is 12.8 Å². The van der Waals surface area contributed by atoms with Crippen molar-refractivity contribution in [2.45, 2.75) is 24.9 Å². The molecular weight excluding hydrogens is 214 g/mol. The third-order valence-corrected chi connectivity index (χ3v) is 3.71. The molecule has 1 N–H and O–H groups in total. The minimum absolute atomic E-state index is 0.606. The van der Waals surface area contributed by atoms with Crippen LogP contribution in [-0.4, -0.2) is 49.2 Å². The number of hydrogen-bond acceptors (Lipinski definition) is 5. The van der Waals surface area contributed by atoms with Crippen LogP contribution in [0.3, 0.4) is 0 Å². The Hall–Kier alpha value is -1.36. The molecule has 2 fully saturated rings. The van der Waals surface area contributed by atoms with Crippen LogP contribution in [0.4, 0.5) is 11.6 Å². The van der Waals surface area contributed by atoms with E-state index in [9.17, 15) is 0 Å². The molecule has 0 radical (unpaired) electrons. The van der Waals surface area contributed by atoms with Crippen LogP contribution >= 0.6 is 0 Å². The van der Waals surface area contributed by atoms with Gasteiger partial charge in [-0.25, -0.2) is 9.97 Å². The fourth-order valence-corrected chi connectivity index (χ4v) is 2.20. The topological polar surface area (TPSA) is 44.3 Å². The second kappa shape index (κ2) is 4.14. The highest BCUT2D eigenvalue weighted by molar-refractivity contribution is 5.52. The predicted octanol–water partition coefficient (Wildman–Crippen LogP) is 0.483. The van der Waals surface area contributed by atoms with Gasteiger partial charge in [0, 0.05) is 38.3 Å². The maximum Gasteiger partial charge on any atom is 0.134 e. The van der Waals surface area contributed by atoms with Gasteiger partial charge >= 0.3 is 0 Å². The van der Waals surface area contributed by atoms with Gasteiger partial charge in [-0.2, -0.15) is 0 Å². The SMILES string of the molecule is CNC1CN(c2cc(N(C)C3CC3)ncn2)C1. The molecule has 1 aromatic heterocycles. The predicted molar refractivity (Wildman–Crippen MR) is 68.5 cm³/mol. The smallest absolute Gasteiger partial charge is 0.134 e. The highest BCUT2D eigenvalue weighted by Gasteiger charge is 2.29. The maximum absolute atomic E-state index is 4.35. The molecule has 0 unspecified atom stereocenters. The quantitative estimate of drug-likeness (QED) is 0.819. The number of aromatic nitrogens is 2. The Bertz CT molecular complexity index is 398. The molecule has 0 atom stereocenters. The van der Waals surface area contributed by atoms with Crippen molar-refractivity contribution in [3.8, 4) is 0 Å². The minimum Gasteiger partial charge on any atom is -0.357 e. The second-order valence-electron chi connectivity index (χ2n) is 4.97. The number of rotatable bonds is 4. The average molecular weight is 233 g/mol. The summed E-state index contributed by atoms with van der Waals surface area (Å²) in [5, 5.41) is 3.27. The van der Waals surface area contributed by atoms with Gasteiger partial charge in [0.05, 0.1) is 0 Å². The minimum atomic E-state index is 0.606. The molecule has 0 spiro atoms. The van der Waals surface area contributed by atoms with Gasteiger partial charge in [-0.3, -0.25) is 0 Å². The Morgan fingerprint density at radius 1 is 1.35 bits per heavy atom. The molecular formula is C12H19N5. The van der Waals surface area contributed by atoms with Crippen molar-refractivity contribution in [1.29, 1.82) is 0 Å². The van der Waals surface area contributed by atoms with Crippen LogP contribution in [-0.2, 0) is 0 Å². The molecule has 3 rings (SSSR count). The van der Waals surface area contributed by atoms with Crippen molar-refractivity contribution >= 4 is 11.6 Å². The van der Waals surface area contributed by atoms with Crippen LogP contribution in [0.2, 0.25) is 0 Å². The zero-order valence-electron chi connectivity index (χ0n) is 10.4. The molecule has 17 heavy (non-hydrogen) atoms. The molecule has 0 bridgehead atoms. The first-order valence-corrected chi connectivity index (χ1v) is 6.25. The van der Waals surface area contributed by atoms with E-state index in [1.54, 1.807) is 6.33 Å². The van der Waals surface area contributed by atoms with Crippen LogP contribution < -0.4 is 15.1 Å². The van der Waals surface area contributed by atoms with Gasteiger partial charge in [0.25, 0.3) is 0 Å². The van der Waals surface area contributed by atoms with Crippen LogP contribution in [0.1, 0.15) is 12.8 Å². The molecule has 5 heteroatoms. The summed E-state index contributed by atoms with van der Waals surface area (Å²) >= 11 is 0. The first-order valence-electron chi connectivity index (χ1n) is 6.25. The Kier molecular flexibility index (Phi) is 2.63. The summed E-state index contributed by atoms with van der Waals surface area (Å²) < 4.78 is 0. The molecule has 92 valence electrons. The summed E-state index contributed by atoms with van der Waals surface area (Å²) in [5.41, 5.74) is 0. The number of hydrogen-bond donors (Lipinski definition) is 1. The van der Waals surface area contributed by atoms with E-state index in [-0.39, 0.29) is 0 Å². The molecule has 1 saturated carbocycles. The number of anilines is 2. The van der Waals surface area contributed by atoms with Gasteiger partial charge in [0.1, 0.15) is 18.0 Å². The van der Waals surface area contributed by atoms with Crippen molar-refractivity contribution in [1.82, 2.24) is 15.3 Å². The molecule has 0 aromatic carbocycles. The molecule has 5 nitrogen and oxygen atoms in total. The van der Waals surface area contributed by atoms with Crippen molar-refractivity contribution in [3.05, 3.63) is 12.4 Å². The van der Waals surface area contributed by atoms with Crippen LogP contribution in [0.25, 0.3) is 0 Å². The number of nitrogens with zero attached hydrogens (tertiary/aromatic N) is 4. The van der Waals surface area contributed by atoms with Gasteiger partial charge in [-0.15, -0.1) is 0 Å². The van der Waals surface area contributed by atoms with Gasteiger partial charge in [0.2, 0.25) is 0 Å². The lowest BCUT2D eigenvalue weighted by Gasteiger charge is -2.40. The van der Waals surface area contributed by atoms with E-state index in [1.807, 2.05) is 7.05 Å². The lowest BCUT2D eigenvalue weighted by molar-refractivity contribution is 0.447. The van der Waals surface area contributed by atoms with Gasteiger partial charge in [-0.1, -0.05) is 0 Å². The Morgan fingerprint density at radius 3 is 2.76 bits per heavy atom. The zero-order chi connectivity index (χ0) is 11.8. The largest absolute Gasteiger partial charge is 0.357 e. The van der Waals surface area contributed by atoms with Gasteiger partial charge < -0.3 is 15.1 Å². The Labute approximate surface area is 102 Å². The van der Waals surface area contributed by atoms with Crippen molar-refractivity contribution in [2.75, 3.05) is 37.0 Å². The molecule has 2 aliphatic rings. The fourth-order valence-electron chi connectivity index (χ4n) is 2.20. The van der Waals surface area contributed by atoms with E-state index < -0.39 is 0 Å². The Balaban J connectivity index is 1.71. The van der Waals surface area contributed by atoms with Crippen LogP contribution in [0.5, 0.6) is 0 Å². The zero-order valence-corrected chi connectivity index (χ0v) is 10.4. The Morgan fingerprint density at radius 2 is 2.12 bits per heavy atom. The van der Waals surface area contributed by atoms with Crippen LogP contribution in [0, 0.1) is 0 Å². The van der Waals surface area contributed by atoms with E-state index in [4.69, 9.17) is 0 Å². The second-order valence-corrected chi connectivity index (χ2v) is 4.97. The number of nitrogens with one attached hydrogen (secondary N) is 1. The van der Waals surface area contributed by atoms with Crippen LogP contribution in [0.15, 0.2) is 12.4 Å². The molecule has 2 heterocycles. The third-order valence-electron chi connectivity index (χ3n) is 3.71. The van der Waals surface area contributed by atoms with Gasteiger partial charge in [0.15, 0.2) is 0 Å². The lowest BCUT2D eigenvalue weighted by atomic mass is 10.1. The number of likely N-dealkylation sites (N-methyl/N-ethyl adjacent to an activating group) is 1. The standard InChI is InChI=1S/C12H19N5/c1-13-9-6-17(7-9)12-5-11(14-8-15-12)16(2)10-3-4-10/h5,8-10,13H,3-4,6-7H2,1-2H3. The summed E-state index contributed by atoms with van der Waals surface area (Å²) in [6, 6.07) is 3.40.